The molecule has 5 aliphatic heterocycles. The number of rotatable bonds is 7. The van der Waals surface area contributed by atoms with Crippen LogP contribution in [0.1, 0.15) is 61.3 Å². The molecular weight excluding hydrogens is 700 g/mol. The molecule has 5 rings (SSSR count). The van der Waals surface area contributed by atoms with E-state index in [1.165, 1.54) is 33.3 Å². The molecule has 0 radical (unpaired) electrons. The Morgan fingerprint density at radius 1 is 0.830 bits per heavy atom. The van der Waals surface area contributed by atoms with Crippen molar-refractivity contribution in [3.05, 3.63) is 24.3 Å². The first-order valence-corrected chi connectivity index (χ1v) is 18.3. The topological polar surface area (TPSA) is 207 Å². The molecule has 16 unspecified atom stereocenters. The minimum atomic E-state index is -1.83. The maximum Gasteiger partial charge on any atom is 0.509 e. The van der Waals surface area contributed by atoms with Gasteiger partial charge in [-0.1, -0.05) is 19.9 Å². The van der Waals surface area contributed by atoms with E-state index in [0.717, 1.165) is 0 Å². The van der Waals surface area contributed by atoms with E-state index in [2.05, 4.69) is 0 Å². The molecule has 0 aromatic heterocycles. The highest BCUT2D eigenvalue weighted by Gasteiger charge is 2.61. The van der Waals surface area contributed by atoms with Crippen molar-refractivity contribution in [3.63, 3.8) is 0 Å². The normalized spacial score (nSPS) is 49.4. The Morgan fingerprint density at radius 3 is 2.17 bits per heavy atom. The Hall–Kier alpha value is -2.51. The van der Waals surface area contributed by atoms with Gasteiger partial charge in [0.2, 0.25) is 0 Å². The van der Waals surface area contributed by atoms with E-state index in [0.29, 0.717) is 0 Å². The number of aliphatic hydroxyl groups is 3. The average Bonchev–Trinajstić information content (AvgIpc) is 3.79. The van der Waals surface area contributed by atoms with E-state index < -0.39 is 127 Å². The predicted octanol–water partition coefficient (Wildman–Crippen LogP) is 1.74. The van der Waals surface area contributed by atoms with Crippen molar-refractivity contribution < 1.29 is 77.1 Å². The largest absolute Gasteiger partial charge is 0.509 e. The highest BCUT2D eigenvalue weighted by molar-refractivity contribution is 5.96. The number of hydrogen-bond donors (Lipinski definition) is 3. The van der Waals surface area contributed by atoms with Crippen LogP contribution >= 0.6 is 0 Å². The zero-order valence-corrected chi connectivity index (χ0v) is 31.8. The van der Waals surface area contributed by atoms with Crippen molar-refractivity contribution in [2.45, 2.75) is 152 Å². The molecule has 0 aromatic carbocycles. The van der Waals surface area contributed by atoms with E-state index in [1.54, 1.807) is 53.7 Å². The van der Waals surface area contributed by atoms with Crippen molar-refractivity contribution in [1.82, 2.24) is 0 Å². The Kier molecular flexibility index (Phi) is 13.1. The van der Waals surface area contributed by atoms with E-state index in [-0.39, 0.29) is 19.4 Å². The Labute approximate surface area is 309 Å². The maximum atomic E-state index is 13.4. The van der Waals surface area contributed by atoms with Gasteiger partial charge in [-0.3, -0.25) is 4.79 Å². The fourth-order valence-corrected chi connectivity index (χ4v) is 8.04. The second-order valence-corrected chi connectivity index (χ2v) is 15.3. The Bertz CT molecular complexity index is 1370. The van der Waals surface area contributed by atoms with Crippen LogP contribution in [0.2, 0.25) is 0 Å². The third kappa shape index (κ3) is 8.98. The lowest BCUT2D eigenvalue weighted by Gasteiger charge is -2.46. The molecule has 4 saturated heterocycles. The molecule has 18 atom stereocenters. The molecule has 4 fully saturated rings. The van der Waals surface area contributed by atoms with Crippen LogP contribution in [-0.4, -0.2) is 145 Å². The third-order valence-corrected chi connectivity index (χ3v) is 11.2. The number of epoxide rings is 1. The summed E-state index contributed by atoms with van der Waals surface area (Å²) in [5.41, 5.74) is -3.23. The van der Waals surface area contributed by atoms with Gasteiger partial charge < -0.3 is 62.7 Å². The fraction of sp³-hybridized carbons (Fsp3) is 0.811. The SMILES string of the molecule is COC1C(OCC2C(C)OC(=O)/C=C/C(C)C(O[C@@H]3OC(C)CC4(OC(=O)O[C@H]4C)C3O)C(C)CC(C)(O)C(=O)/C=C/C3OC32)OC(C)C(O)C1OC. The quantitative estimate of drug-likeness (QED) is 0.250. The summed E-state index contributed by atoms with van der Waals surface area (Å²) in [6, 6.07) is 0. The first-order chi connectivity index (χ1) is 24.9. The zero-order valence-electron chi connectivity index (χ0n) is 31.8. The highest BCUT2D eigenvalue weighted by atomic mass is 16.8. The number of ketones is 1. The van der Waals surface area contributed by atoms with E-state index in [9.17, 15) is 29.7 Å². The molecule has 3 N–H and O–H groups in total. The van der Waals surface area contributed by atoms with Crippen LogP contribution < -0.4 is 0 Å². The van der Waals surface area contributed by atoms with Gasteiger partial charge >= 0.3 is 12.1 Å². The summed E-state index contributed by atoms with van der Waals surface area (Å²) >= 11 is 0. The fourth-order valence-electron chi connectivity index (χ4n) is 8.04. The van der Waals surface area contributed by atoms with Crippen LogP contribution in [0.15, 0.2) is 24.3 Å². The minimum Gasteiger partial charge on any atom is -0.459 e. The van der Waals surface area contributed by atoms with Gasteiger partial charge in [-0.25, -0.2) is 9.59 Å². The van der Waals surface area contributed by atoms with Crippen LogP contribution in [0.4, 0.5) is 4.79 Å². The smallest absolute Gasteiger partial charge is 0.459 e. The average molecular weight is 757 g/mol. The molecule has 53 heavy (non-hydrogen) atoms. The molecule has 0 bridgehead atoms. The summed E-state index contributed by atoms with van der Waals surface area (Å²) in [6.45, 7) is 11.8. The third-order valence-electron chi connectivity index (χ3n) is 11.2. The lowest BCUT2D eigenvalue weighted by Crippen LogP contribution is -2.62. The summed E-state index contributed by atoms with van der Waals surface area (Å²) in [7, 11) is 2.92. The van der Waals surface area contributed by atoms with Gasteiger partial charge in [0, 0.05) is 38.6 Å². The van der Waals surface area contributed by atoms with Crippen LogP contribution in [0.3, 0.4) is 0 Å². The number of aliphatic hydroxyl groups excluding tert-OH is 2. The second-order valence-electron chi connectivity index (χ2n) is 15.3. The first-order valence-electron chi connectivity index (χ1n) is 18.3. The van der Waals surface area contributed by atoms with Gasteiger partial charge in [0.15, 0.2) is 24.0 Å². The molecular formula is C37H56O16. The lowest BCUT2D eigenvalue weighted by molar-refractivity contribution is -0.309. The molecule has 16 nitrogen and oxygen atoms in total. The number of esters is 1. The summed E-state index contributed by atoms with van der Waals surface area (Å²) in [6.07, 6.45) is -5.61. The number of carbonyl (C=O) groups is 3. The van der Waals surface area contributed by atoms with E-state index >= 15 is 0 Å². The zero-order chi connectivity index (χ0) is 39.0. The first kappa shape index (κ1) is 41.6. The molecule has 0 aliphatic carbocycles. The lowest BCUT2D eigenvalue weighted by atomic mass is 9.81. The number of cyclic esters (lactones) is 2. The number of ether oxygens (including phenoxy) is 10. The molecule has 0 amide bonds. The van der Waals surface area contributed by atoms with Crippen molar-refractivity contribution in [1.29, 1.82) is 0 Å². The molecule has 300 valence electrons. The van der Waals surface area contributed by atoms with Crippen molar-refractivity contribution in [2.75, 3.05) is 20.8 Å². The van der Waals surface area contributed by atoms with E-state index in [1.807, 2.05) is 0 Å². The molecule has 16 heteroatoms. The molecule has 5 aliphatic rings. The monoisotopic (exact) mass is 756 g/mol. The summed E-state index contributed by atoms with van der Waals surface area (Å²) in [5.74, 6) is -2.80. The van der Waals surface area contributed by atoms with Gasteiger partial charge in [-0.2, -0.15) is 0 Å². The summed E-state index contributed by atoms with van der Waals surface area (Å²) in [5, 5.41) is 33.5. The summed E-state index contributed by atoms with van der Waals surface area (Å²) in [4.78, 5) is 38.8. The van der Waals surface area contributed by atoms with Gasteiger partial charge in [0.05, 0.1) is 31.0 Å². The van der Waals surface area contributed by atoms with Crippen molar-refractivity contribution in [3.8, 4) is 0 Å². The molecule has 1 spiro atoms. The van der Waals surface area contributed by atoms with Crippen LogP contribution in [0.5, 0.6) is 0 Å². The van der Waals surface area contributed by atoms with Gasteiger partial charge in [0.1, 0.15) is 48.3 Å². The van der Waals surface area contributed by atoms with Crippen LogP contribution in [-0.2, 0) is 57.0 Å². The molecule has 0 saturated carbocycles. The van der Waals surface area contributed by atoms with Gasteiger partial charge in [0.25, 0.3) is 0 Å². The second kappa shape index (κ2) is 16.7. The van der Waals surface area contributed by atoms with Crippen molar-refractivity contribution in [2.24, 2.45) is 17.8 Å². The number of hydrogen-bond acceptors (Lipinski definition) is 16. The Morgan fingerprint density at radius 2 is 1.53 bits per heavy atom. The van der Waals surface area contributed by atoms with Gasteiger partial charge in [-0.05, 0) is 59.1 Å². The predicted molar refractivity (Wildman–Crippen MR) is 182 cm³/mol. The van der Waals surface area contributed by atoms with Crippen LogP contribution in [0, 0.1) is 17.8 Å². The minimum absolute atomic E-state index is 0.00493. The summed E-state index contributed by atoms with van der Waals surface area (Å²) < 4.78 is 58.1. The van der Waals surface area contributed by atoms with E-state index in [4.69, 9.17) is 47.4 Å². The maximum absolute atomic E-state index is 13.4. The molecule has 0 aromatic rings. The van der Waals surface area contributed by atoms with Crippen molar-refractivity contribution >= 4 is 17.9 Å². The Balaban J connectivity index is 1.37. The number of fused-ring (bicyclic) bond motifs is 1. The number of methoxy groups -OCH3 is 2. The van der Waals surface area contributed by atoms with Gasteiger partial charge in [-0.15, -0.1) is 0 Å². The molecule has 5 heterocycles. The highest BCUT2D eigenvalue weighted by Crippen LogP contribution is 2.43. The van der Waals surface area contributed by atoms with Crippen LogP contribution in [0.25, 0.3) is 0 Å². The number of carbonyl (C=O) groups excluding carboxylic acids is 3. The standard InChI is InChI=1S/C37H56O16/c1-17-10-13-26(39)48-20(4)23(16-46-33-31(45-9)30(44-8)27(40)21(5)49-33)29-24(51-29)11-12-25(38)36(7,43)14-18(2)28(17)52-34-32(41)37(15-19(3)47-34)22(6)50-35(42)53-37/h10-13,17-24,27-34,40-41,43H,14-16H2,1-9H3/b12-11+,13-10+/t17?,18?,19?,20?,21?,22-,23?,24?,27?,28?,29?,30?,31?,32?,33?,34-,36?,37?/m0/s1.